The molecule has 3 unspecified atom stereocenters. The second-order valence-corrected chi connectivity index (χ2v) is 8.62. The molecular weight excluding hydrogens is 276 g/mol. The number of rotatable bonds is 3. The van der Waals surface area contributed by atoms with Gasteiger partial charge in [-0.25, -0.2) is 0 Å². The molecule has 2 nitrogen and oxygen atoms in total. The highest BCUT2D eigenvalue weighted by Gasteiger charge is 2.32. The van der Waals surface area contributed by atoms with E-state index in [1.54, 1.807) is 0 Å². The van der Waals surface area contributed by atoms with Gasteiger partial charge in [0.2, 0.25) is 0 Å². The molecule has 1 saturated heterocycles. The van der Waals surface area contributed by atoms with E-state index in [0.717, 1.165) is 23.3 Å². The van der Waals surface area contributed by atoms with Gasteiger partial charge < -0.3 is 5.32 Å². The van der Waals surface area contributed by atoms with Gasteiger partial charge in [-0.2, -0.15) is 11.8 Å². The zero-order valence-electron chi connectivity index (χ0n) is 13.9. The van der Waals surface area contributed by atoms with Gasteiger partial charge in [0.15, 0.2) is 0 Å². The standard InChI is InChI=1S/C18H34N2S/c1-21-17-10-5-9-16(13-17)20-12-6-11-19-18(14-20)15-7-3-2-4-8-15/h15-19H,2-14H2,1H3. The van der Waals surface area contributed by atoms with Gasteiger partial charge in [-0.05, 0) is 63.8 Å². The average Bonchev–Trinajstić information content (AvgIpc) is 2.82. The third-order valence-corrected chi connectivity index (χ3v) is 7.22. The normalized spacial score (nSPS) is 37.3. The lowest BCUT2D eigenvalue weighted by atomic mass is 9.83. The molecule has 21 heavy (non-hydrogen) atoms. The molecule has 3 heteroatoms. The van der Waals surface area contributed by atoms with E-state index in [1.165, 1.54) is 83.8 Å². The van der Waals surface area contributed by atoms with Gasteiger partial charge in [0.1, 0.15) is 0 Å². The summed E-state index contributed by atoms with van der Waals surface area (Å²) in [5.74, 6) is 0.958. The van der Waals surface area contributed by atoms with Gasteiger partial charge >= 0.3 is 0 Å². The van der Waals surface area contributed by atoms with Gasteiger partial charge in [0, 0.05) is 23.9 Å². The number of nitrogens with one attached hydrogen (secondary N) is 1. The first-order valence-electron chi connectivity index (χ1n) is 9.37. The van der Waals surface area contributed by atoms with Crippen molar-refractivity contribution in [3.63, 3.8) is 0 Å². The van der Waals surface area contributed by atoms with Crippen LogP contribution in [0.2, 0.25) is 0 Å². The Balaban J connectivity index is 1.58. The molecule has 0 aromatic carbocycles. The largest absolute Gasteiger partial charge is 0.312 e. The summed E-state index contributed by atoms with van der Waals surface area (Å²) in [7, 11) is 0. The minimum Gasteiger partial charge on any atom is -0.312 e. The maximum absolute atomic E-state index is 3.90. The fraction of sp³-hybridized carbons (Fsp3) is 1.00. The molecule has 1 heterocycles. The van der Waals surface area contributed by atoms with E-state index in [0.29, 0.717) is 0 Å². The molecule has 0 spiro atoms. The van der Waals surface area contributed by atoms with Crippen molar-refractivity contribution in [2.24, 2.45) is 5.92 Å². The Morgan fingerprint density at radius 3 is 2.62 bits per heavy atom. The van der Waals surface area contributed by atoms with Crippen LogP contribution < -0.4 is 5.32 Å². The quantitative estimate of drug-likeness (QED) is 0.851. The molecule has 3 aliphatic rings. The van der Waals surface area contributed by atoms with Crippen LogP contribution in [-0.2, 0) is 0 Å². The third-order valence-electron chi connectivity index (χ3n) is 6.13. The SMILES string of the molecule is CSC1CCCC(N2CCCNC(C3CCCCC3)C2)C1. The second-order valence-electron chi connectivity index (χ2n) is 7.49. The molecule has 0 radical (unpaired) electrons. The Kier molecular flexibility index (Phi) is 6.31. The smallest absolute Gasteiger partial charge is 0.0223 e. The van der Waals surface area contributed by atoms with Crippen LogP contribution in [0.25, 0.3) is 0 Å². The van der Waals surface area contributed by atoms with E-state index in [-0.39, 0.29) is 0 Å². The fourth-order valence-electron chi connectivity index (χ4n) is 4.83. The van der Waals surface area contributed by atoms with Crippen LogP contribution in [0.15, 0.2) is 0 Å². The first-order valence-corrected chi connectivity index (χ1v) is 10.7. The van der Waals surface area contributed by atoms with E-state index >= 15 is 0 Å². The minimum absolute atomic E-state index is 0.780. The topological polar surface area (TPSA) is 15.3 Å². The van der Waals surface area contributed by atoms with Crippen molar-refractivity contribution < 1.29 is 0 Å². The summed E-state index contributed by atoms with van der Waals surface area (Å²) < 4.78 is 0. The lowest BCUT2D eigenvalue weighted by Crippen LogP contribution is -2.48. The van der Waals surface area contributed by atoms with E-state index in [1.807, 2.05) is 0 Å². The van der Waals surface area contributed by atoms with Crippen LogP contribution in [0, 0.1) is 5.92 Å². The molecule has 1 N–H and O–H groups in total. The second kappa shape index (κ2) is 8.21. The summed E-state index contributed by atoms with van der Waals surface area (Å²) in [5.41, 5.74) is 0. The Morgan fingerprint density at radius 1 is 0.952 bits per heavy atom. The maximum Gasteiger partial charge on any atom is 0.0223 e. The highest BCUT2D eigenvalue weighted by Crippen LogP contribution is 2.32. The van der Waals surface area contributed by atoms with Crippen molar-refractivity contribution in [2.75, 3.05) is 25.9 Å². The molecule has 122 valence electrons. The summed E-state index contributed by atoms with van der Waals surface area (Å²) in [6.45, 7) is 3.91. The molecule has 3 fully saturated rings. The number of hydrogen-bond acceptors (Lipinski definition) is 3. The Labute approximate surface area is 135 Å². The highest BCUT2D eigenvalue weighted by molar-refractivity contribution is 7.99. The van der Waals surface area contributed by atoms with Crippen LogP contribution >= 0.6 is 11.8 Å². The predicted molar refractivity (Wildman–Crippen MR) is 94.1 cm³/mol. The molecule has 0 aromatic heterocycles. The lowest BCUT2D eigenvalue weighted by Gasteiger charge is -2.39. The Morgan fingerprint density at radius 2 is 1.81 bits per heavy atom. The van der Waals surface area contributed by atoms with Gasteiger partial charge in [-0.15, -0.1) is 0 Å². The van der Waals surface area contributed by atoms with Crippen LogP contribution in [0.5, 0.6) is 0 Å². The number of nitrogens with zero attached hydrogens (tertiary/aromatic N) is 1. The molecule has 0 bridgehead atoms. The van der Waals surface area contributed by atoms with Gasteiger partial charge in [-0.3, -0.25) is 4.90 Å². The van der Waals surface area contributed by atoms with Crippen LogP contribution in [0.1, 0.15) is 64.2 Å². The predicted octanol–water partition coefficient (Wildman–Crippen LogP) is 3.90. The molecule has 1 aliphatic heterocycles. The van der Waals surface area contributed by atoms with E-state index < -0.39 is 0 Å². The summed E-state index contributed by atoms with van der Waals surface area (Å²) in [4.78, 5) is 2.88. The van der Waals surface area contributed by atoms with Crippen LogP contribution in [0.3, 0.4) is 0 Å². The first-order chi connectivity index (χ1) is 10.4. The zero-order valence-corrected chi connectivity index (χ0v) is 14.7. The van der Waals surface area contributed by atoms with Crippen molar-refractivity contribution in [1.82, 2.24) is 10.2 Å². The van der Waals surface area contributed by atoms with Gasteiger partial charge in [0.25, 0.3) is 0 Å². The van der Waals surface area contributed by atoms with E-state index in [4.69, 9.17) is 0 Å². The molecule has 0 aromatic rings. The lowest BCUT2D eigenvalue weighted by molar-refractivity contribution is 0.135. The number of thioether (sulfide) groups is 1. The Hall–Kier alpha value is 0.270. The van der Waals surface area contributed by atoms with Crippen molar-refractivity contribution in [1.29, 1.82) is 0 Å². The molecule has 2 saturated carbocycles. The van der Waals surface area contributed by atoms with Gasteiger partial charge in [-0.1, -0.05) is 25.7 Å². The minimum atomic E-state index is 0.780. The summed E-state index contributed by atoms with van der Waals surface area (Å²) in [6, 6.07) is 1.66. The monoisotopic (exact) mass is 310 g/mol. The molecule has 2 aliphatic carbocycles. The van der Waals surface area contributed by atoms with Crippen LogP contribution in [0.4, 0.5) is 0 Å². The summed E-state index contributed by atoms with van der Waals surface area (Å²) in [6.07, 6.45) is 16.8. The molecule has 0 amide bonds. The summed E-state index contributed by atoms with van der Waals surface area (Å²) in [5, 5.41) is 4.82. The third kappa shape index (κ3) is 4.39. The maximum atomic E-state index is 3.90. The van der Waals surface area contributed by atoms with Gasteiger partial charge in [0.05, 0.1) is 0 Å². The first kappa shape index (κ1) is 16.1. The fourth-order valence-corrected chi connectivity index (χ4v) is 5.65. The number of hydrogen-bond donors (Lipinski definition) is 1. The van der Waals surface area contributed by atoms with E-state index in [2.05, 4.69) is 28.2 Å². The van der Waals surface area contributed by atoms with Crippen molar-refractivity contribution >= 4 is 11.8 Å². The van der Waals surface area contributed by atoms with E-state index in [9.17, 15) is 0 Å². The summed E-state index contributed by atoms with van der Waals surface area (Å²) >= 11 is 2.11. The molecule has 3 atom stereocenters. The highest BCUT2D eigenvalue weighted by atomic mass is 32.2. The molecular formula is C18H34N2S. The molecule has 3 rings (SSSR count). The zero-order chi connectivity index (χ0) is 14.5. The van der Waals surface area contributed by atoms with Crippen molar-refractivity contribution in [3.8, 4) is 0 Å². The van der Waals surface area contributed by atoms with Crippen molar-refractivity contribution in [3.05, 3.63) is 0 Å². The van der Waals surface area contributed by atoms with Crippen LogP contribution in [-0.4, -0.2) is 48.1 Å². The average molecular weight is 311 g/mol. The van der Waals surface area contributed by atoms with Crippen molar-refractivity contribution in [2.45, 2.75) is 81.5 Å². The Bertz CT molecular complexity index is 304.